The first-order chi connectivity index (χ1) is 18.7. The molecule has 0 aliphatic carbocycles. The Balaban J connectivity index is 1.24. The van der Waals surface area contributed by atoms with E-state index in [9.17, 15) is 9.59 Å². The third-order valence-electron chi connectivity index (χ3n) is 7.64. The lowest BCUT2D eigenvalue weighted by atomic mass is 9.82. The van der Waals surface area contributed by atoms with Crippen LogP contribution in [0.4, 0.5) is 5.69 Å². The Kier molecular flexibility index (Phi) is 8.88. The molecule has 2 aromatic rings. The van der Waals surface area contributed by atoms with Gasteiger partial charge in [0, 0.05) is 69.7 Å². The molecule has 2 saturated heterocycles. The first kappa shape index (κ1) is 26.2. The van der Waals surface area contributed by atoms with Gasteiger partial charge in [-0.1, -0.05) is 18.2 Å². The van der Waals surface area contributed by atoms with Gasteiger partial charge in [-0.2, -0.15) is 0 Å². The molecule has 3 N–H and O–H groups in total. The number of rotatable bonds is 5. The molecule has 1 aromatic carbocycles. The Labute approximate surface area is 224 Å². The number of hydrogen-bond acceptors (Lipinski definition) is 7. The summed E-state index contributed by atoms with van der Waals surface area (Å²) in [4.78, 5) is 34.4. The maximum Gasteiger partial charge on any atom is 0.236 e. The van der Waals surface area contributed by atoms with Gasteiger partial charge >= 0.3 is 0 Å². The lowest BCUT2D eigenvalue weighted by Crippen LogP contribution is -2.47. The molecular weight excluding hydrogens is 480 g/mol. The van der Waals surface area contributed by atoms with E-state index in [4.69, 9.17) is 4.74 Å². The fourth-order valence-corrected chi connectivity index (χ4v) is 5.48. The summed E-state index contributed by atoms with van der Waals surface area (Å²) in [6.07, 6.45) is 7.13. The summed E-state index contributed by atoms with van der Waals surface area (Å²) in [7, 11) is 0. The maximum atomic E-state index is 13.0. The van der Waals surface area contributed by atoms with Crippen LogP contribution < -0.4 is 25.6 Å². The number of fused-ring (bicyclic) bond motifs is 3. The van der Waals surface area contributed by atoms with Gasteiger partial charge in [0.05, 0.1) is 18.8 Å². The zero-order valence-corrected chi connectivity index (χ0v) is 21.9. The number of ether oxygens (including phenoxy) is 1. The minimum absolute atomic E-state index is 0.0175. The van der Waals surface area contributed by atoms with Gasteiger partial charge in [-0.25, -0.2) is 0 Å². The molecule has 202 valence electrons. The van der Waals surface area contributed by atoms with Crippen LogP contribution in [0.25, 0.3) is 0 Å². The smallest absolute Gasteiger partial charge is 0.236 e. The summed E-state index contributed by atoms with van der Waals surface area (Å²) >= 11 is 0. The van der Waals surface area contributed by atoms with Crippen molar-refractivity contribution in [1.29, 1.82) is 0 Å². The van der Waals surface area contributed by atoms with Crippen molar-refractivity contribution in [3.8, 4) is 5.75 Å². The van der Waals surface area contributed by atoms with E-state index < -0.39 is 0 Å². The second-order valence-corrected chi connectivity index (χ2v) is 10.2. The van der Waals surface area contributed by atoms with Gasteiger partial charge in [-0.3, -0.25) is 14.6 Å². The fourth-order valence-electron chi connectivity index (χ4n) is 5.48. The van der Waals surface area contributed by atoms with Crippen LogP contribution in [-0.2, 0) is 22.7 Å². The number of nitrogens with zero attached hydrogens (tertiary/aromatic N) is 3. The van der Waals surface area contributed by atoms with E-state index in [2.05, 4.69) is 44.0 Å². The van der Waals surface area contributed by atoms with Crippen LogP contribution >= 0.6 is 0 Å². The first-order valence-electron chi connectivity index (χ1n) is 13.7. The van der Waals surface area contributed by atoms with Crippen LogP contribution in [0.2, 0.25) is 0 Å². The second kappa shape index (κ2) is 12.9. The number of pyridine rings is 1. The summed E-state index contributed by atoms with van der Waals surface area (Å²) in [5.74, 6) is 1.23. The number of benzene rings is 1. The lowest BCUT2D eigenvalue weighted by molar-refractivity contribution is -0.132. The summed E-state index contributed by atoms with van der Waals surface area (Å²) in [6, 6.07) is 12.0. The number of carbonyl (C=O) groups is 2. The lowest BCUT2D eigenvalue weighted by Gasteiger charge is -2.37. The van der Waals surface area contributed by atoms with Crippen molar-refractivity contribution in [2.45, 2.75) is 25.9 Å². The maximum absolute atomic E-state index is 13.0. The molecule has 0 spiro atoms. The van der Waals surface area contributed by atoms with E-state index >= 15 is 0 Å². The standard InChI is InChI=1S/C29H38N6O3/c36-28(33-19-25-5-1-2-9-32-25)17-22-8-12-35-21-23(22)4-3-15-38-27-7-6-26(34-13-10-30-11-14-34)16-24(27)18-31-20-29(35)37/h1-7,9,16,22-23,30-31H,8,10-15,17-21H2,(H,33,36)/b4-3+/t22-,23-/m0/s1. The van der Waals surface area contributed by atoms with Crippen molar-refractivity contribution in [2.24, 2.45) is 11.8 Å². The molecule has 2 fully saturated rings. The van der Waals surface area contributed by atoms with Gasteiger partial charge in [-0.05, 0) is 48.6 Å². The number of aromatic nitrogens is 1. The number of carbonyl (C=O) groups excluding carboxylic acids is 2. The van der Waals surface area contributed by atoms with Crippen LogP contribution in [0.3, 0.4) is 0 Å². The Morgan fingerprint density at radius 1 is 1.08 bits per heavy atom. The molecule has 9 heteroatoms. The number of anilines is 1. The Morgan fingerprint density at radius 2 is 1.97 bits per heavy atom. The predicted octanol–water partition coefficient (Wildman–Crippen LogP) is 1.70. The van der Waals surface area contributed by atoms with Crippen molar-refractivity contribution in [3.63, 3.8) is 0 Å². The van der Waals surface area contributed by atoms with E-state index in [0.29, 0.717) is 39.2 Å². The largest absolute Gasteiger partial charge is 0.489 e. The molecule has 4 heterocycles. The molecule has 2 bridgehead atoms. The highest BCUT2D eigenvalue weighted by molar-refractivity contribution is 5.79. The highest BCUT2D eigenvalue weighted by Gasteiger charge is 2.31. The monoisotopic (exact) mass is 518 g/mol. The van der Waals surface area contributed by atoms with Gasteiger partial charge < -0.3 is 30.5 Å². The number of piperidine rings is 1. The minimum atomic E-state index is 0.0175. The van der Waals surface area contributed by atoms with Crippen molar-refractivity contribution in [1.82, 2.24) is 25.8 Å². The number of nitrogens with one attached hydrogen (secondary N) is 3. The van der Waals surface area contributed by atoms with Gasteiger partial charge in [-0.15, -0.1) is 0 Å². The van der Waals surface area contributed by atoms with E-state index in [1.165, 1.54) is 5.69 Å². The van der Waals surface area contributed by atoms with Crippen molar-refractivity contribution >= 4 is 17.5 Å². The fraction of sp³-hybridized carbons (Fsp3) is 0.483. The van der Waals surface area contributed by atoms with E-state index in [1.807, 2.05) is 35.2 Å². The molecule has 2 amide bonds. The number of piperazine rings is 1. The topological polar surface area (TPSA) is 98.8 Å². The third-order valence-corrected chi connectivity index (χ3v) is 7.64. The molecular formula is C29H38N6O3. The van der Waals surface area contributed by atoms with Crippen LogP contribution in [-0.4, -0.2) is 74.1 Å². The van der Waals surface area contributed by atoms with Crippen molar-refractivity contribution in [3.05, 3.63) is 66.0 Å². The predicted molar refractivity (Wildman–Crippen MR) is 147 cm³/mol. The molecule has 0 saturated carbocycles. The summed E-state index contributed by atoms with van der Waals surface area (Å²) in [5.41, 5.74) is 3.08. The number of hydrogen-bond donors (Lipinski definition) is 3. The summed E-state index contributed by atoms with van der Waals surface area (Å²) in [6.45, 7) is 6.93. The molecule has 0 unspecified atom stereocenters. The molecule has 1 aromatic heterocycles. The zero-order valence-electron chi connectivity index (χ0n) is 21.9. The minimum Gasteiger partial charge on any atom is -0.489 e. The highest BCUT2D eigenvalue weighted by Crippen LogP contribution is 2.29. The average Bonchev–Trinajstić information content (AvgIpc) is 2.97. The molecule has 2 atom stereocenters. The van der Waals surface area contributed by atoms with Crippen molar-refractivity contribution in [2.75, 3.05) is 57.3 Å². The SMILES string of the molecule is O=C(C[C@@H]1CCN2C[C@@H]1/C=C/COc1ccc(N3CCNCC3)cc1CNCC2=O)NCc1ccccn1. The first-order valence-corrected chi connectivity index (χ1v) is 13.7. The third kappa shape index (κ3) is 6.90. The van der Waals surface area contributed by atoms with Crippen LogP contribution in [0.5, 0.6) is 5.75 Å². The van der Waals surface area contributed by atoms with E-state index in [-0.39, 0.29) is 30.2 Å². The van der Waals surface area contributed by atoms with E-state index in [0.717, 1.165) is 49.6 Å². The summed E-state index contributed by atoms with van der Waals surface area (Å²) < 4.78 is 6.17. The Morgan fingerprint density at radius 3 is 2.82 bits per heavy atom. The molecule has 38 heavy (non-hydrogen) atoms. The Bertz CT molecular complexity index is 1120. The number of amides is 2. The van der Waals surface area contributed by atoms with Crippen LogP contribution in [0.15, 0.2) is 54.7 Å². The molecule has 5 rings (SSSR count). The summed E-state index contributed by atoms with van der Waals surface area (Å²) in [5, 5.41) is 9.74. The van der Waals surface area contributed by atoms with Gasteiger partial charge in [0.25, 0.3) is 0 Å². The van der Waals surface area contributed by atoms with Gasteiger partial charge in [0.1, 0.15) is 12.4 Å². The van der Waals surface area contributed by atoms with Gasteiger partial charge in [0.15, 0.2) is 0 Å². The van der Waals surface area contributed by atoms with Crippen LogP contribution in [0.1, 0.15) is 24.1 Å². The van der Waals surface area contributed by atoms with Gasteiger partial charge in [0.2, 0.25) is 11.8 Å². The highest BCUT2D eigenvalue weighted by atomic mass is 16.5. The zero-order chi connectivity index (χ0) is 26.2. The Hall–Kier alpha value is -3.43. The molecule has 9 nitrogen and oxygen atoms in total. The quantitative estimate of drug-likeness (QED) is 0.519. The second-order valence-electron chi connectivity index (χ2n) is 10.2. The molecule has 3 aliphatic heterocycles. The molecule has 3 aliphatic rings. The van der Waals surface area contributed by atoms with Crippen LogP contribution in [0, 0.1) is 11.8 Å². The van der Waals surface area contributed by atoms with Crippen molar-refractivity contribution < 1.29 is 14.3 Å². The van der Waals surface area contributed by atoms with E-state index in [1.54, 1.807) is 6.20 Å². The average molecular weight is 519 g/mol. The molecule has 0 radical (unpaired) electrons. The normalized spacial score (nSPS) is 23.2.